The van der Waals surface area contributed by atoms with E-state index in [2.05, 4.69) is 0 Å². The van der Waals surface area contributed by atoms with Gasteiger partial charge in [0.05, 0.1) is 0 Å². The van der Waals surface area contributed by atoms with Gasteiger partial charge < -0.3 is 5.11 Å². The number of aliphatic hydroxyl groups excluding tert-OH is 1. The minimum absolute atomic E-state index is 0.470. The molecular formula is C11H9F15O. The molecule has 1 unspecified atom stereocenters. The third-order valence-electron chi connectivity index (χ3n) is 3.35. The Labute approximate surface area is 140 Å². The second-order valence-electron chi connectivity index (χ2n) is 5.68. The predicted molar refractivity (Wildman–Crippen MR) is 56.6 cm³/mol. The van der Waals surface area contributed by atoms with Crippen molar-refractivity contribution in [3.8, 4) is 0 Å². The lowest BCUT2D eigenvalue weighted by atomic mass is 9.87. The lowest BCUT2D eigenvalue weighted by Gasteiger charge is -2.42. The van der Waals surface area contributed by atoms with Crippen molar-refractivity contribution in [2.24, 2.45) is 5.92 Å². The minimum atomic E-state index is -8.33. The molecule has 0 aromatic rings. The van der Waals surface area contributed by atoms with Gasteiger partial charge in [0.2, 0.25) is 0 Å². The standard InChI is InChI=1S/C11H9F15O/c1-3(2)4(27)5(12,13)6(14,15)7(16,17)8(18,19)9(20,21)10(22,23)11(24,25)26/h3-4,27H,1-2H3. The average Bonchev–Trinajstić information content (AvgIpc) is 2.43. The molecule has 0 aliphatic heterocycles. The molecule has 0 fully saturated rings. The monoisotopic (exact) mass is 442 g/mol. The first-order chi connectivity index (χ1) is 11.4. The Kier molecular flexibility index (Phi) is 6.21. The zero-order chi connectivity index (χ0) is 22.7. The van der Waals surface area contributed by atoms with E-state index >= 15 is 0 Å². The molecule has 0 rings (SSSR count). The smallest absolute Gasteiger partial charge is 0.386 e. The summed E-state index contributed by atoms with van der Waals surface area (Å²) in [7, 11) is 0. The Bertz CT molecular complexity index is 532. The fourth-order valence-corrected chi connectivity index (χ4v) is 1.58. The minimum Gasteiger partial charge on any atom is -0.386 e. The van der Waals surface area contributed by atoms with Crippen LogP contribution in [0.5, 0.6) is 0 Å². The summed E-state index contributed by atoms with van der Waals surface area (Å²) in [5.41, 5.74) is 0. The second-order valence-corrected chi connectivity index (χ2v) is 5.68. The Morgan fingerprint density at radius 3 is 1.00 bits per heavy atom. The fraction of sp³-hybridized carbons (Fsp3) is 1.00. The van der Waals surface area contributed by atoms with E-state index in [4.69, 9.17) is 5.11 Å². The summed E-state index contributed by atoms with van der Waals surface area (Å²) in [6, 6.07) is 0. The van der Waals surface area contributed by atoms with Gasteiger partial charge in [0, 0.05) is 0 Å². The van der Waals surface area contributed by atoms with Gasteiger partial charge >= 0.3 is 41.7 Å². The molecule has 164 valence electrons. The molecule has 0 aliphatic rings. The van der Waals surface area contributed by atoms with Crippen LogP contribution in [0.15, 0.2) is 0 Å². The number of hydrogen-bond donors (Lipinski definition) is 1. The molecule has 0 heterocycles. The molecule has 27 heavy (non-hydrogen) atoms. The molecule has 0 spiro atoms. The topological polar surface area (TPSA) is 20.2 Å². The highest BCUT2D eigenvalue weighted by Crippen LogP contribution is 2.62. The zero-order valence-electron chi connectivity index (χ0n) is 12.8. The van der Waals surface area contributed by atoms with Gasteiger partial charge in [-0.1, -0.05) is 13.8 Å². The summed E-state index contributed by atoms with van der Waals surface area (Å²) in [6.45, 7) is 0.939. The van der Waals surface area contributed by atoms with E-state index < -0.39 is 53.7 Å². The van der Waals surface area contributed by atoms with Crippen LogP contribution in [-0.2, 0) is 0 Å². The van der Waals surface area contributed by atoms with Gasteiger partial charge in [0.1, 0.15) is 6.10 Å². The van der Waals surface area contributed by atoms with Gasteiger partial charge in [-0.25, -0.2) is 0 Å². The first-order valence-electron chi connectivity index (χ1n) is 6.37. The molecule has 0 aromatic carbocycles. The van der Waals surface area contributed by atoms with Gasteiger partial charge in [-0.2, -0.15) is 65.9 Å². The van der Waals surface area contributed by atoms with Crippen molar-refractivity contribution < 1.29 is 71.0 Å². The van der Waals surface area contributed by atoms with Crippen LogP contribution in [0.25, 0.3) is 0 Å². The van der Waals surface area contributed by atoms with Gasteiger partial charge in [0.15, 0.2) is 0 Å². The number of rotatable bonds is 7. The third-order valence-corrected chi connectivity index (χ3v) is 3.35. The summed E-state index contributed by atoms with van der Waals surface area (Å²) >= 11 is 0. The van der Waals surface area contributed by atoms with Crippen molar-refractivity contribution in [2.75, 3.05) is 0 Å². The van der Waals surface area contributed by atoms with Crippen molar-refractivity contribution in [1.29, 1.82) is 0 Å². The van der Waals surface area contributed by atoms with Gasteiger partial charge in [-0.15, -0.1) is 0 Å². The van der Waals surface area contributed by atoms with Crippen LogP contribution in [-0.4, -0.2) is 52.9 Å². The van der Waals surface area contributed by atoms with Crippen molar-refractivity contribution >= 4 is 0 Å². The number of aliphatic hydroxyl groups is 1. The van der Waals surface area contributed by atoms with E-state index in [9.17, 15) is 65.9 Å². The van der Waals surface area contributed by atoms with Crippen LogP contribution in [0.2, 0.25) is 0 Å². The maximum atomic E-state index is 13.3. The summed E-state index contributed by atoms with van der Waals surface area (Å²) in [4.78, 5) is 0. The van der Waals surface area contributed by atoms with E-state index in [1.165, 1.54) is 0 Å². The zero-order valence-corrected chi connectivity index (χ0v) is 12.8. The average molecular weight is 442 g/mol. The number of alkyl halides is 15. The maximum Gasteiger partial charge on any atom is 0.460 e. The molecule has 0 aliphatic carbocycles. The molecule has 16 heteroatoms. The van der Waals surface area contributed by atoms with Gasteiger partial charge in [0.25, 0.3) is 0 Å². The largest absolute Gasteiger partial charge is 0.460 e. The SMILES string of the molecule is CC(C)C(O)C(F)(F)C(F)(F)C(F)(F)C(F)(F)C(F)(F)C(F)(F)C(F)(F)F. The van der Waals surface area contributed by atoms with E-state index in [-0.39, 0.29) is 0 Å². The van der Waals surface area contributed by atoms with E-state index in [0.717, 1.165) is 0 Å². The molecule has 0 aromatic heterocycles. The Hall–Kier alpha value is -1.09. The molecule has 0 saturated carbocycles. The summed E-state index contributed by atoms with van der Waals surface area (Å²) in [6.07, 6.45) is -11.5. The molecule has 0 amide bonds. The van der Waals surface area contributed by atoms with Crippen LogP contribution >= 0.6 is 0 Å². The second kappa shape index (κ2) is 6.47. The Morgan fingerprint density at radius 2 is 0.741 bits per heavy atom. The quantitative estimate of drug-likeness (QED) is 0.526. The molecule has 1 atom stereocenters. The highest BCUT2D eigenvalue weighted by atomic mass is 19.4. The lowest BCUT2D eigenvalue weighted by Crippen LogP contribution is -2.73. The van der Waals surface area contributed by atoms with Crippen molar-refractivity contribution in [3.05, 3.63) is 0 Å². The molecule has 0 radical (unpaired) electrons. The van der Waals surface area contributed by atoms with Crippen LogP contribution in [0, 0.1) is 5.92 Å². The van der Waals surface area contributed by atoms with E-state index in [1.54, 1.807) is 0 Å². The molecule has 1 nitrogen and oxygen atoms in total. The maximum absolute atomic E-state index is 13.3. The number of hydrogen-bond acceptors (Lipinski definition) is 1. The summed E-state index contributed by atoms with van der Waals surface area (Å²) in [5.74, 6) is -49.1. The Morgan fingerprint density at radius 1 is 0.481 bits per heavy atom. The first-order valence-corrected chi connectivity index (χ1v) is 6.37. The molecule has 0 saturated heterocycles. The third kappa shape index (κ3) is 3.30. The normalized spacial score (nSPS) is 17.4. The summed E-state index contributed by atoms with van der Waals surface area (Å²) in [5, 5.41) is 8.79. The summed E-state index contributed by atoms with van der Waals surface area (Å²) < 4.78 is 192. The highest BCUT2D eigenvalue weighted by Gasteiger charge is 2.93. The first kappa shape index (κ1) is 25.9. The van der Waals surface area contributed by atoms with Crippen LogP contribution in [0.4, 0.5) is 65.9 Å². The number of halogens is 15. The van der Waals surface area contributed by atoms with Gasteiger partial charge in [-0.05, 0) is 5.92 Å². The Balaban J connectivity index is 6.56. The van der Waals surface area contributed by atoms with Crippen LogP contribution in [0.3, 0.4) is 0 Å². The molecular weight excluding hydrogens is 433 g/mol. The van der Waals surface area contributed by atoms with Crippen molar-refractivity contribution in [2.45, 2.75) is 61.7 Å². The lowest BCUT2D eigenvalue weighted by molar-refractivity contribution is -0.456. The van der Waals surface area contributed by atoms with Crippen LogP contribution in [0.1, 0.15) is 13.8 Å². The van der Waals surface area contributed by atoms with Gasteiger partial charge in [-0.3, -0.25) is 0 Å². The molecule has 1 N–H and O–H groups in total. The van der Waals surface area contributed by atoms with E-state index in [0.29, 0.717) is 13.8 Å². The fourth-order valence-electron chi connectivity index (χ4n) is 1.58. The molecule has 0 bridgehead atoms. The predicted octanol–water partition coefficient (Wildman–Crippen LogP) is 5.38. The highest BCUT2D eigenvalue weighted by molar-refractivity contribution is 5.14. The van der Waals surface area contributed by atoms with Crippen molar-refractivity contribution in [1.82, 2.24) is 0 Å². The van der Waals surface area contributed by atoms with Crippen LogP contribution < -0.4 is 0 Å². The van der Waals surface area contributed by atoms with Crippen molar-refractivity contribution in [3.63, 3.8) is 0 Å². The van der Waals surface area contributed by atoms with E-state index in [1.807, 2.05) is 0 Å².